The maximum atomic E-state index is 13.1. The van der Waals surface area contributed by atoms with Crippen LogP contribution in [0.25, 0.3) is 0 Å². The predicted molar refractivity (Wildman–Crippen MR) is 119 cm³/mol. The van der Waals surface area contributed by atoms with E-state index in [0.717, 1.165) is 0 Å². The smallest absolute Gasteiger partial charge is 0.307 e. The van der Waals surface area contributed by atoms with E-state index in [1.54, 1.807) is 49.4 Å². The van der Waals surface area contributed by atoms with E-state index in [1.165, 1.54) is 4.90 Å². The number of hydrogen-bond donors (Lipinski definition) is 2. The van der Waals surface area contributed by atoms with E-state index in [2.05, 4.69) is 10.6 Å². The molecule has 0 aromatic heterocycles. The van der Waals surface area contributed by atoms with Gasteiger partial charge in [-0.25, -0.2) is 0 Å². The van der Waals surface area contributed by atoms with Crippen LogP contribution in [0, 0.1) is 11.3 Å². The number of ether oxygens (including phenoxy) is 1. The third-order valence-electron chi connectivity index (χ3n) is 4.57. The molecule has 0 radical (unpaired) electrons. The van der Waals surface area contributed by atoms with Gasteiger partial charge in [-0.15, -0.1) is 0 Å². The number of rotatable bonds is 6. The molecule has 31 heavy (non-hydrogen) atoms. The highest BCUT2D eigenvalue weighted by atomic mass is 32.1. The molecular formula is C22H20N4O4S. The van der Waals surface area contributed by atoms with Gasteiger partial charge in [-0.1, -0.05) is 12.2 Å². The number of nitriles is 1. The number of nitrogens with zero attached hydrogens (tertiary/aromatic N) is 2. The van der Waals surface area contributed by atoms with Crippen LogP contribution in [0.3, 0.4) is 0 Å². The van der Waals surface area contributed by atoms with Gasteiger partial charge in [0.05, 0.1) is 47.4 Å². The van der Waals surface area contributed by atoms with Gasteiger partial charge < -0.3 is 20.3 Å². The van der Waals surface area contributed by atoms with E-state index < -0.39 is 0 Å². The van der Waals surface area contributed by atoms with E-state index >= 15 is 0 Å². The summed E-state index contributed by atoms with van der Waals surface area (Å²) in [7, 11) is 0. The lowest BCUT2D eigenvalue weighted by Gasteiger charge is -2.20. The predicted octanol–water partition coefficient (Wildman–Crippen LogP) is 2.96. The van der Waals surface area contributed by atoms with Gasteiger partial charge in [-0.2, -0.15) is 5.26 Å². The lowest BCUT2D eigenvalue weighted by atomic mass is 10.1. The molecule has 2 amide bonds. The monoisotopic (exact) mass is 436 g/mol. The van der Waals surface area contributed by atoms with Crippen LogP contribution < -0.4 is 10.6 Å². The molecule has 0 saturated heterocycles. The summed E-state index contributed by atoms with van der Waals surface area (Å²) < 4.78 is 4.92. The third-order valence-corrected chi connectivity index (χ3v) is 4.80. The van der Waals surface area contributed by atoms with Gasteiger partial charge in [-0.05, 0) is 49.4 Å². The summed E-state index contributed by atoms with van der Waals surface area (Å²) in [5.41, 5.74) is 2.14. The molecule has 0 fully saturated rings. The summed E-state index contributed by atoms with van der Waals surface area (Å²) in [5.74, 6) is -1.06. The molecule has 2 N–H and O–H groups in total. The molecule has 158 valence electrons. The number of amides is 2. The van der Waals surface area contributed by atoms with Crippen molar-refractivity contribution in [2.75, 3.05) is 30.3 Å². The van der Waals surface area contributed by atoms with Crippen molar-refractivity contribution in [3.63, 3.8) is 0 Å². The molecule has 0 spiro atoms. The van der Waals surface area contributed by atoms with Crippen LogP contribution in [-0.2, 0) is 9.53 Å². The van der Waals surface area contributed by atoms with E-state index in [1.807, 2.05) is 6.07 Å². The van der Waals surface area contributed by atoms with Gasteiger partial charge in [0.15, 0.2) is 0 Å². The Hall–Kier alpha value is -3.77. The van der Waals surface area contributed by atoms with Gasteiger partial charge in [0, 0.05) is 17.8 Å². The highest BCUT2D eigenvalue weighted by Crippen LogP contribution is 2.25. The van der Waals surface area contributed by atoms with Crippen LogP contribution in [0.4, 0.5) is 11.4 Å². The van der Waals surface area contributed by atoms with E-state index in [9.17, 15) is 14.4 Å². The minimum atomic E-state index is -0.387. The average molecular weight is 436 g/mol. The molecule has 1 aliphatic rings. The first-order valence-electron chi connectivity index (χ1n) is 9.61. The Labute approximate surface area is 184 Å². The molecule has 3 rings (SSSR count). The van der Waals surface area contributed by atoms with Crippen LogP contribution in [0.5, 0.6) is 0 Å². The highest BCUT2D eigenvalue weighted by molar-refractivity contribution is 7.80. The maximum absolute atomic E-state index is 13.1. The number of carbonyl (C=O) groups is 3. The number of hydrogen-bond acceptors (Lipinski definition) is 6. The topological polar surface area (TPSA) is 112 Å². The summed E-state index contributed by atoms with van der Waals surface area (Å²) in [6.45, 7) is 2.34. The molecule has 8 nitrogen and oxygen atoms in total. The van der Waals surface area contributed by atoms with Crippen molar-refractivity contribution in [3.05, 3.63) is 59.2 Å². The Balaban J connectivity index is 1.78. The summed E-state index contributed by atoms with van der Waals surface area (Å²) in [5, 5.41) is 14.7. The fourth-order valence-corrected chi connectivity index (χ4v) is 3.32. The Bertz CT molecular complexity index is 1080. The number of anilines is 2. The highest BCUT2D eigenvalue weighted by Gasteiger charge is 2.25. The van der Waals surface area contributed by atoms with Crippen molar-refractivity contribution in [1.82, 2.24) is 4.90 Å². The lowest BCUT2D eigenvalue weighted by molar-refractivity contribution is -0.143. The molecule has 0 saturated carbocycles. The molecule has 0 unspecified atom stereocenters. The average Bonchev–Trinajstić information content (AvgIpc) is 2.88. The number of benzene rings is 2. The standard InChI is InChI=1S/C22H20N4O4S/c1-2-30-20(27)9-10-26-13-19(31)25-18-8-7-16(11-17(18)22(26)29)24-21(28)15-5-3-14(12-23)4-6-15/h3-8,11H,2,9-10,13H2,1H3,(H,24,28)(H,25,31). The molecule has 1 heterocycles. The summed E-state index contributed by atoms with van der Waals surface area (Å²) >= 11 is 5.30. The van der Waals surface area contributed by atoms with E-state index in [4.69, 9.17) is 22.2 Å². The van der Waals surface area contributed by atoms with E-state index in [0.29, 0.717) is 33.1 Å². The molecule has 9 heteroatoms. The largest absolute Gasteiger partial charge is 0.466 e. The van der Waals surface area contributed by atoms with Gasteiger partial charge in [0.25, 0.3) is 11.8 Å². The van der Waals surface area contributed by atoms with Crippen LogP contribution in [-0.4, -0.2) is 47.4 Å². The normalized spacial score (nSPS) is 12.8. The minimum Gasteiger partial charge on any atom is -0.466 e. The SMILES string of the molecule is CCOC(=O)CCN1CC(=S)Nc2ccc(NC(=O)c3ccc(C#N)cc3)cc2C1=O. The number of nitrogens with one attached hydrogen (secondary N) is 2. The van der Waals surface area contributed by atoms with Crippen LogP contribution in [0.15, 0.2) is 42.5 Å². The molecule has 0 atom stereocenters. The van der Waals surface area contributed by atoms with Crippen molar-refractivity contribution in [2.45, 2.75) is 13.3 Å². The zero-order valence-corrected chi connectivity index (χ0v) is 17.6. The van der Waals surface area contributed by atoms with Gasteiger partial charge in [0.2, 0.25) is 0 Å². The Morgan fingerprint density at radius 1 is 1.26 bits per heavy atom. The summed E-state index contributed by atoms with van der Waals surface area (Å²) in [4.78, 5) is 39.2. The van der Waals surface area contributed by atoms with Crippen LogP contribution in [0.1, 0.15) is 39.6 Å². The Morgan fingerprint density at radius 2 is 2.00 bits per heavy atom. The van der Waals surface area contributed by atoms with Crippen molar-refractivity contribution in [2.24, 2.45) is 0 Å². The van der Waals surface area contributed by atoms with Gasteiger partial charge >= 0.3 is 5.97 Å². The number of thiocarbonyl (C=S) groups is 1. The van der Waals surface area contributed by atoms with Gasteiger partial charge in [-0.3, -0.25) is 14.4 Å². The molecular weight excluding hydrogens is 416 g/mol. The van der Waals surface area contributed by atoms with Crippen molar-refractivity contribution in [1.29, 1.82) is 5.26 Å². The summed E-state index contributed by atoms with van der Waals surface area (Å²) in [6.07, 6.45) is 0.0621. The zero-order chi connectivity index (χ0) is 22.4. The van der Waals surface area contributed by atoms with Crippen molar-refractivity contribution < 1.29 is 19.1 Å². The first-order valence-corrected chi connectivity index (χ1v) is 10.0. The lowest BCUT2D eigenvalue weighted by Crippen LogP contribution is -2.36. The van der Waals surface area contributed by atoms with Crippen molar-refractivity contribution >= 4 is 46.4 Å². The number of esters is 1. The first-order chi connectivity index (χ1) is 14.9. The summed E-state index contributed by atoms with van der Waals surface area (Å²) in [6, 6.07) is 13.1. The number of fused-ring (bicyclic) bond motifs is 1. The molecule has 0 aliphatic carbocycles. The second kappa shape index (κ2) is 9.82. The van der Waals surface area contributed by atoms with Crippen molar-refractivity contribution in [3.8, 4) is 6.07 Å². The first kappa shape index (κ1) is 21.9. The number of carbonyl (C=O) groups excluding carboxylic acids is 3. The molecule has 2 aromatic rings. The fraction of sp³-hybridized carbons (Fsp3) is 0.227. The molecule has 0 bridgehead atoms. The van der Waals surface area contributed by atoms with Crippen LogP contribution >= 0.6 is 12.2 Å². The molecule has 2 aromatic carbocycles. The van der Waals surface area contributed by atoms with Crippen LogP contribution in [0.2, 0.25) is 0 Å². The second-order valence-corrected chi connectivity index (χ2v) is 7.23. The quantitative estimate of drug-likeness (QED) is 0.529. The zero-order valence-electron chi connectivity index (χ0n) is 16.8. The van der Waals surface area contributed by atoms with Gasteiger partial charge in [0.1, 0.15) is 0 Å². The Kier molecular flexibility index (Phi) is 6.95. The van der Waals surface area contributed by atoms with E-state index in [-0.39, 0.29) is 43.9 Å². The maximum Gasteiger partial charge on any atom is 0.307 e. The molecule has 1 aliphatic heterocycles. The third kappa shape index (κ3) is 5.43. The fourth-order valence-electron chi connectivity index (χ4n) is 3.05. The Morgan fingerprint density at radius 3 is 2.68 bits per heavy atom. The minimum absolute atomic E-state index is 0.0621. The second-order valence-electron chi connectivity index (χ2n) is 6.73.